The zero-order valence-corrected chi connectivity index (χ0v) is 16.0. The molecule has 0 unspecified atom stereocenters. The minimum atomic E-state index is -0.718. The fourth-order valence-corrected chi connectivity index (χ4v) is 5.15. The second kappa shape index (κ2) is 6.94. The molecule has 0 N–H and O–H groups in total. The molecule has 136 valence electrons. The lowest BCUT2D eigenvalue weighted by molar-refractivity contribution is -0.144. The van der Waals surface area contributed by atoms with E-state index in [1.165, 1.54) is 10.4 Å². The Kier molecular flexibility index (Phi) is 4.64. The lowest BCUT2D eigenvalue weighted by Gasteiger charge is -2.35. The Balaban J connectivity index is 1.44. The summed E-state index contributed by atoms with van der Waals surface area (Å²) in [7, 11) is 0. The molecule has 0 spiro atoms. The number of thiophene rings is 2. The molecule has 1 atom stereocenters. The predicted octanol–water partition coefficient (Wildman–Crippen LogP) is 2.72. The highest BCUT2D eigenvalue weighted by atomic mass is 32.1. The van der Waals surface area contributed by atoms with Crippen molar-refractivity contribution in [3.05, 3.63) is 44.3 Å². The van der Waals surface area contributed by atoms with Crippen LogP contribution in [0, 0.1) is 0 Å². The van der Waals surface area contributed by atoms with E-state index in [9.17, 15) is 14.4 Å². The summed E-state index contributed by atoms with van der Waals surface area (Å²) in [5.74, 6) is -1.43. The second-order valence-corrected chi connectivity index (χ2v) is 8.51. The monoisotopic (exact) mass is 389 g/mol. The van der Waals surface area contributed by atoms with Crippen LogP contribution in [0.1, 0.15) is 28.3 Å². The highest BCUT2D eigenvalue weighted by molar-refractivity contribution is 7.10. The molecule has 1 saturated heterocycles. The van der Waals surface area contributed by atoms with E-state index >= 15 is 0 Å². The molecule has 2 aromatic rings. The maximum Gasteiger partial charge on any atom is 0.335 e. The van der Waals surface area contributed by atoms with E-state index in [1.807, 2.05) is 17.5 Å². The molecule has 6 nitrogen and oxygen atoms in total. The number of fused-ring (bicyclic) bond motifs is 1. The van der Waals surface area contributed by atoms with Crippen molar-refractivity contribution in [2.75, 3.05) is 19.8 Å². The van der Waals surface area contributed by atoms with Crippen molar-refractivity contribution in [1.82, 2.24) is 14.7 Å². The summed E-state index contributed by atoms with van der Waals surface area (Å²) >= 11 is 3.32. The van der Waals surface area contributed by atoms with E-state index in [0.717, 1.165) is 27.6 Å². The Morgan fingerprint density at radius 1 is 1.08 bits per heavy atom. The van der Waals surface area contributed by atoms with E-state index in [2.05, 4.69) is 23.3 Å². The summed E-state index contributed by atoms with van der Waals surface area (Å²) in [4.78, 5) is 44.0. The third-order valence-electron chi connectivity index (χ3n) is 5.02. The molecule has 0 saturated carbocycles. The van der Waals surface area contributed by atoms with Gasteiger partial charge in [-0.15, -0.1) is 22.7 Å². The van der Waals surface area contributed by atoms with Crippen molar-refractivity contribution in [3.8, 4) is 0 Å². The van der Waals surface area contributed by atoms with Crippen molar-refractivity contribution in [2.24, 2.45) is 0 Å². The van der Waals surface area contributed by atoms with Gasteiger partial charge in [0.2, 0.25) is 0 Å². The first-order valence-electron chi connectivity index (χ1n) is 8.56. The van der Waals surface area contributed by atoms with Crippen LogP contribution in [0.5, 0.6) is 0 Å². The average Bonchev–Trinajstić information content (AvgIpc) is 3.35. The predicted molar refractivity (Wildman–Crippen MR) is 100.0 cm³/mol. The summed E-state index contributed by atoms with van der Waals surface area (Å²) in [6, 6.07) is 5.62. The van der Waals surface area contributed by atoms with Gasteiger partial charge in [0.05, 0.1) is 6.67 Å². The van der Waals surface area contributed by atoms with Crippen LogP contribution in [0.4, 0.5) is 4.79 Å². The molecule has 0 aromatic carbocycles. The summed E-state index contributed by atoms with van der Waals surface area (Å²) in [6.07, 6.45) is 1.48. The fraction of sp³-hybridized carbons (Fsp3) is 0.389. The molecule has 2 aromatic heterocycles. The first-order chi connectivity index (χ1) is 12.6. The van der Waals surface area contributed by atoms with Gasteiger partial charge >= 0.3 is 17.8 Å². The van der Waals surface area contributed by atoms with Gasteiger partial charge in [0.25, 0.3) is 0 Å². The number of carbonyl (C=O) groups excluding carboxylic acids is 3. The van der Waals surface area contributed by atoms with E-state index in [1.54, 1.807) is 22.7 Å². The lowest BCUT2D eigenvalue weighted by Crippen LogP contribution is -2.45. The number of hydrogen-bond donors (Lipinski definition) is 0. The van der Waals surface area contributed by atoms with Crippen molar-refractivity contribution >= 4 is 40.5 Å². The molecule has 0 radical (unpaired) electrons. The summed E-state index contributed by atoms with van der Waals surface area (Å²) in [5, 5.41) is 4.03. The van der Waals surface area contributed by atoms with Gasteiger partial charge in [0.15, 0.2) is 0 Å². The normalized spacial score (nSPS) is 21.0. The fourth-order valence-electron chi connectivity index (χ4n) is 3.49. The third kappa shape index (κ3) is 2.98. The highest BCUT2D eigenvalue weighted by Gasteiger charge is 2.45. The van der Waals surface area contributed by atoms with E-state index in [-0.39, 0.29) is 19.3 Å². The highest BCUT2D eigenvalue weighted by Crippen LogP contribution is 2.33. The zero-order valence-electron chi connectivity index (χ0n) is 14.4. The third-order valence-corrected chi connectivity index (χ3v) is 6.96. The number of urea groups is 1. The standard InChI is InChI=1S/C18H19N3O3S2/c1-12-14-6-10-26-15(14)5-7-19(12)11-21-17(23)16(22)20(18(21)24)8-4-13-3-2-9-25-13/h2-3,6,9-10,12H,4-5,7-8,11H2,1H3/t12-/m1/s1. The van der Waals surface area contributed by atoms with Crippen LogP contribution in [-0.4, -0.2) is 52.3 Å². The molecular formula is C18H19N3O3S2. The maximum atomic E-state index is 12.7. The average molecular weight is 390 g/mol. The maximum absolute atomic E-state index is 12.7. The summed E-state index contributed by atoms with van der Waals surface area (Å²) in [6.45, 7) is 3.25. The minimum absolute atomic E-state index is 0.126. The number of rotatable bonds is 5. The topological polar surface area (TPSA) is 60.9 Å². The minimum Gasteiger partial charge on any atom is -0.278 e. The number of carbonyl (C=O) groups is 3. The van der Waals surface area contributed by atoms with Crippen LogP contribution in [0.25, 0.3) is 0 Å². The number of amides is 4. The molecule has 0 bridgehead atoms. The molecule has 0 aliphatic carbocycles. The quantitative estimate of drug-likeness (QED) is 0.583. The van der Waals surface area contributed by atoms with Crippen molar-refractivity contribution in [3.63, 3.8) is 0 Å². The summed E-state index contributed by atoms with van der Waals surface area (Å²) < 4.78 is 0. The first-order valence-corrected chi connectivity index (χ1v) is 10.3. The van der Waals surface area contributed by atoms with Gasteiger partial charge in [-0.2, -0.15) is 0 Å². The van der Waals surface area contributed by atoms with E-state index in [4.69, 9.17) is 0 Å². The van der Waals surface area contributed by atoms with Crippen LogP contribution in [-0.2, 0) is 22.4 Å². The van der Waals surface area contributed by atoms with Crippen LogP contribution in [0.3, 0.4) is 0 Å². The Morgan fingerprint density at radius 3 is 2.65 bits per heavy atom. The molecule has 26 heavy (non-hydrogen) atoms. The lowest BCUT2D eigenvalue weighted by atomic mass is 10.0. The van der Waals surface area contributed by atoms with E-state index in [0.29, 0.717) is 6.42 Å². The summed E-state index contributed by atoms with van der Waals surface area (Å²) in [5.41, 5.74) is 1.25. The van der Waals surface area contributed by atoms with Crippen LogP contribution < -0.4 is 0 Å². The number of nitrogens with zero attached hydrogens (tertiary/aromatic N) is 3. The Labute approximate surface area is 159 Å². The first kappa shape index (κ1) is 17.4. The second-order valence-electron chi connectivity index (χ2n) is 6.48. The smallest absolute Gasteiger partial charge is 0.278 e. The largest absolute Gasteiger partial charge is 0.335 e. The zero-order chi connectivity index (χ0) is 18.3. The van der Waals surface area contributed by atoms with Crippen molar-refractivity contribution < 1.29 is 14.4 Å². The Hall–Kier alpha value is -2.03. The Morgan fingerprint density at radius 2 is 1.88 bits per heavy atom. The Bertz CT molecular complexity index is 846. The molecule has 2 aliphatic heterocycles. The SMILES string of the molecule is C[C@@H]1c2ccsc2CCN1CN1C(=O)C(=O)N(CCc2cccs2)C1=O. The van der Waals surface area contributed by atoms with Crippen molar-refractivity contribution in [1.29, 1.82) is 0 Å². The van der Waals surface area contributed by atoms with Crippen molar-refractivity contribution in [2.45, 2.75) is 25.8 Å². The molecule has 8 heteroatoms. The molecule has 4 amide bonds. The van der Waals surface area contributed by atoms with Gasteiger partial charge < -0.3 is 0 Å². The molecule has 1 fully saturated rings. The van der Waals surface area contributed by atoms with Crippen LogP contribution in [0.2, 0.25) is 0 Å². The van der Waals surface area contributed by atoms with E-state index < -0.39 is 17.8 Å². The van der Waals surface area contributed by atoms with Gasteiger partial charge in [0.1, 0.15) is 0 Å². The van der Waals surface area contributed by atoms with Gasteiger partial charge in [-0.05, 0) is 41.8 Å². The van der Waals surface area contributed by atoms with Crippen LogP contribution >= 0.6 is 22.7 Å². The number of hydrogen-bond acceptors (Lipinski definition) is 6. The van der Waals surface area contributed by atoms with Gasteiger partial charge in [-0.25, -0.2) is 9.69 Å². The van der Waals surface area contributed by atoms with Gasteiger partial charge in [-0.1, -0.05) is 6.07 Å². The number of imide groups is 2. The molecule has 4 rings (SSSR count). The molecule has 2 aliphatic rings. The molecular weight excluding hydrogens is 370 g/mol. The van der Waals surface area contributed by atoms with Gasteiger partial charge in [-0.3, -0.25) is 19.4 Å². The van der Waals surface area contributed by atoms with Gasteiger partial charge in [0, 0.05) is 35.3 Å². The molecule has 4 heterocycles. The van der Waals surface area contributed by atoms with Crippen LogP contribution in [0.15, 0.2) is 29.0 Å².